The number of primary amides is 1. The van der Waals surface area contributed by atoms with Crippen LogP contribution in [0.15, 0.2) is 5.10 Å². The Labute approximate surface area is 95.1 Å². The van der Waals surface area contributed by atoms with Crippen molar-refractivity contribution >= 4 is 23.5 Å². The van der Waals surface area contributed by atoms with Crippen LogP contribution in [-0.2, 0) is 0 Å². The average molecular weight is 229 g/mol. The average Bonchev–Trinajstić information content (AvgIpc) is 2.18. The molecule has 86 valence electrons. The predicted molar refractivity (Wildman–Crippen MR) is 65.1 cm³/mol. The Morgan fingerprint density at radius 2 is 2.33 bits per heavy atom. The summed E-state index contributed by atoms with van der Waals surface area (Å²) in [6.45, 7) is 6.54. The number of nitrogens with one attached hydrogen (secondary N) is 1. The Balaban J connectivity index is 2.69. The normalized spacial score (nSPS) is 34.1. The van der Waals surface area contributed by atoms with Crippen molar-refractivity contribution in [2.75, 3.05) is 0 Å². The number of nitrogens with two attached hydrogens (primary N) is 1. The third-order valence-corrected chi connectivity index (χ3v) is 4.42. The molecule has 1 aliphatic rings. The molecule has 1 fully saturated rings. The van der Waals surface area contributed by atoms with E-state index in [1.807, 2.05) is 11.8 Å². The van der Waals surface area contributed by atoms with Crippen molar-refractivity contribution in [3.8, 4) is 0 Å². The molecule has 5 heteroatoms. The van der Waals surface area contributed by atoms with Crippen molar-refractivity contribution in [2.24, 2.45) is 16.8 Å². The van der Waals surface area contributed by atoms with Crippen LogP contribution in [0.2, 0.25) is 0 Å². The molecule has 15 heavy (non-hydrogen) atoms. The Hall–Kier alpha value is -0.710. The molecular formula is C10H19N3OS. The molecule has 0 radical (unpaired) electrons. The van der Waals surface area contributed by atoms with E-state index in [-0.39, 0.29) is 0 Å². The number of urea groups is 1. The summed E-state index contributed by atoms with van der Waals surface area (Å²) in [4.78, 5) is 10.6. The van der Waals surface area contributed by atoms with Crippen LogP contribution in [0.4, 0.5) is 4.79 Å². The van der Waals surface area contributed by atoms with E-state index < -0.39 is 6.03 Å². The van der Waals surface area contributed by atoms with Gasteiger partial charge in [-0.1, -0.05) is 20.8 Å². The smallest absolute Gasteiger partial charge is 0.332 e. The molecular weight excluding hydrogens is 210 g/mol. The Morgan fingerprint density at radius 3 is 2.87 bits per heavy atom. The molecule has 3 atom stereocenters. The fourth-order valence-electron chi connectivity index (χ4n) is 1.88. The van der Waals surface area contributed by atoms with Crippen LogP contribution in [0.5, 0.6) is 0 Å². The first-order valence-corrected chi connectivity index (χ1v) is 6.26. The second-order valence-electron chi connectivity index (χ2n) is 3.97. The molecule has 1 rings (SSSR count). The number of hydrogen-bond acceptors (Lipinski definition) is 3. The van der Waals surface area contributed by atoms with Gasteiger partial charge in [-0.05, 0) is 12.8 Å². The van der Waals surface area contributed by atoms with Crippen LogP contribution in [0, 0.1) is 5.92 Å². The van der Waals surface area contributed by atoms with E-state index >= 15 is 0 Å². The zero-order valence-electron chi connectivity index (χ0n) is 9.49. The van der Waals surface area contributed by atoms with E-state index in [4.69, 9.17) is 5.73 Å². The lowest BCUT2D eigenvalue weighted by Crippen LogP contribution is -2.35. The van der Waals surface area contributed by atoms with E-state index in [1.54, 1.807) is 0 Å². The minimum absolute atomic E-state index is 0.419. The van der Waals surface area contributed by atoms with Crippen molar-refractivity contribution in [1.82, 2.24) is 5.43 Å². The van der Waals surface area contributed by atoms with Crippen LogP contribution < -0.4 is 11.2 Å². The number of rotatable bonds is 2. The van der Waals surface area contributed by atoms with Crippen molar-refractivity contribution in [2.45, 2.75) is 44.1 Å². The van der Waals surface area contributed by atoms with Gasteiger partial charge in [0, 0.05) is 22.1 Å². The molecule has 1 aliphatic heterocycles. The summed E-state index contributed by atoms with van der Waals surface area (Å²) in [5, 5.41) is 5.26. The summed E-state index contributed by atoms with van der Waals surface area (Å²) < 4.78 is 0. The monoisotopic (exact) mass is 229 g/mol. The summed E-state index contributed by atoms with van der Waals surface area (Å²) in [5.41, 5.74) is 8.38. The molecule has 0 saturated carbocycles. The highest BCUT2D eigenvalue weighted by Crippen LogP contribution is 2.35. The number of carbonyl (C=O) groups excluding carboxylic acids is 1. The number of thioether (sulfide) groups is 1. The van der Waals surface area contributed by atoms with Gasteiger partial charge in [-0.3, -0.25) is 0 Å². The van der Waals surface area contributed by atoms with Crippen LogP contribution in [0.1, 0.15) is 33.6 Å². The van der Waals surface area contributed by atoms with E-state index in [0.717, 1.165) is 18.6 Å². The quantitative estimate of drug-likeness (QED) is 0.711. The summed E-state index contributed by atoms with van der Waals surface area (Å²) in [7, 11) is 0. The van der Waals surface area contributed by atoms with Gasteiger partial charge < -0.3 is 5.73 Å². The van der Waals surface area contributed by atoms with Gasteiger partial charge in [-0.15, -0.1) is 0 Å². The van der Waals surface area contributed by atoms with Gasteiger partial charge in [0.1, 0.15) is 0 Å². The van der Waals surface area contributed by atoms with Crippen LogP contribution >= 0.6 is 11.8 Å². The molecule has 0 unspecified atom stereocenters. The highest BCUT2D eigenvalue weighted by Gasteiger charge is 2.29. The second kappa shape index (κ2) is 5.39. The molecule has 0 aromatic carbocycles. The van der Waals surface area contributed by atoms with Crippen LogP contribution in [0.25, 0.3) is 0 Å². The zero-order chi connectivity index (χ0) is 11.4. The van der Waals surface area contributed by atoms with Gasteiger partial charge in [0.05, 0.1) is 0 Å². The number of nitrogens with zero attached hydrogens (tertiary/aromatic N) is 1. The van der Waals surface area contributed by atoms with Crippen molar-refractivity contribution in [1.29, 1.82) is 0 Å². The standard InChI is InChI=1S/C10H19N3OS/c1-4-9-7(3)8(5-6(2)15-9)12-13-10(11)14/h6-7,9H,4-5H2,1-3H3,(H3,11,13,14)/b12-8+/t6-,7+,9-/m0/s1. The second-order valence-corrected chi connectivity index (χ2v) is 5.65. The molecule has 0 aliphatic carbocycles. The number of hydrogen-bond donors (Lipinski definition) is 2. The Bertz CT molecular complexity index is 267. The molecule has 4 nitrogen and oxygen atoms in total. The van der Waals surface area contributed by atoms with E-state index in [2.05, 4.69) is 31.3 Å². The van der Waals surface area contributed by atoms with Crippen molar-refractivity contribution in [3.63, 3.8) is 0 Å². The van der Waals surface area contributed by atoms with Gasteiger partial charge in [0.25, 0.3) is 0 Å². The van der Waals surface area contributed by atoms with E-state index in [1.165, 1.54) is 0 Å². The Kier molecular flexibility index (Phi) is 4.45. The fraction of sp³-hybridized carbons (Fsp3) is 0.800. The minimum atomic E-state index is -0.589. The first-order chi connectivity index (χ1) is 7.04. The molecule has 0 aromatic heterocycles. The maximum absolute atomic E-state index is 10.6. The SMILES string of the molecule is CC[C@@H]1S[C@@H](C)C/C(=N\NC(N)=O)[C@H]1C. The largest absolute Gasteiger partial charge is 0.350 e. The molecule has 2 amide bonds. The lowest BCUT2D eigenvalue weighted by molar-refractivity contribution is 0.249. The molecule has 0 spiro atoms. The number of hydrazone groups is 1. The maximum Gasteiger partial charge on any atom is 0.332 e. The number of carbonyl (C=O) groups is 1. The van der Waals surface area contributed by atoms with Crippen LogP contribution in [0.3, 0.4) is 0 Å². The van der Waals surface area contributed by atoms with Crippen molar-refractivity contribution < 1.29 is 4.79 Å². The molecule has 1 heterocycles. The lowest BCUT2D eigenvalue weighted by Gasteiger charge is -2.32. The Morgan fingerprint density at radius 1 is 1.67 bits per heavy atom. The van der Waals surface area contributed by atoms with Crippen molar-refractivity contribution in [3.05, 3.63) is 0 Å². The summed E-state index contributed by atoms with van der Waals surface area (Å²) in [6, 6.07) is -0.589. The van der Waals surface area contributed by atoms with Gasteiger partial charge in [0.15, 0.2) is 0 Å². The first-order valence-electron chi connectivity index (χ1n) is 5.32. The van der Waals surface area contributed by atoms with Gasteiger partial charge in [-0.25, -0.2) is 10.2 Å². The summed E-state index contributed by atoms with van der Waals surface area (Å²) in [6.07, 6.45) is 2.06. The first kappa shape index (κ1) is 12.4. The van der Waals surface area contributed by atoms with Crippen LogP contribution in [-0.4, -0.2) is 22.2 Å². The highest BCUT2D eigenvalue weighted by molar-refractivity contribution is 8.00. The predicted octanol–water partition coefficient (Wildman–Crippen LogP) is 1.95. The lowest BCUT2D eigenvalue weighted by atomic mass is 9.95. The molecule has 1 saturated heterocycles. The molecule has 3 N–H and O–H groups in total. The zero-order valence-corrected chi connectivity index (χ0v) is 10.3. The van der Waals surface area contributed by atoms with Gasteiger partial charge in [0.2, 0.25) is 0 Å². The molecule has 0 bridgehead atoms. The summed E-state index contributed by atoms with van der Waals surface area (Å²) >= 11 is 2.01. The third-order valence-electron chi connectivity index (χ3n) is 2.70. The third kappa shape index (κ3) is 3.41. The van der Waals surface area contributed by atoms with Gasteiger partial charge >= 0.3 is 6.03 Å². The molecule has 0 aromatic rings. The summed E-state index contributed by atoms with van der Waals surface area (Å²) in [5.74, 6) is 0.419. The topological polar surface area (TPSA) is 67.5 Å². The number of amides is 2. The maximum atomic E-state index is 10.6. The van der Waals surface area contributed by atoms with E-state index in [0.29, 0.717) is 16.4 Å². The highest BCUT2D eigenvalue weighted by atomic mass is 32.2. The van der Waals surface area contributed by atoms with Gasteiger partial charge in [-0.2, -0.15) is 16.9 Å². The van der Waals surface area contributed by atoms with E-state index in [9.17, 15) is 4.79 Å². The minimum Gasteiger partial charge on any atom is -0.350 e. The fourth-order valence-corrected chi connectivity index (χ4v) is 3.33.